The minimum absolute atomic E-state index is 0.255. The minimum atomic E-state index is -0.255. The van der Waals surface area contributed by atoms with Crippen LogP contribution in [0.2, 0.25) is 10.0 Å². The molecule has 0 saturated carbocycles. The highest BCUT2D eigenvalue weighted by Crippen LogP contribution is 2.34. The average molecular weight is 348 g/mol. The SMILES string of the molecule is CCCNc1nc(Sc2n[nH]c(=O)n2CC)c(Cl)cc1Cl. The van der Waals surface area contributed by atoms with Gasteiger partial charge in [0.25, 0.3) is 0 Å². The van der Waals surface area contributed by atoms with Gasteiger partial charge in [-0.25, -0.2) is 14.9 Å². The first-order chi connectivity index (χ1) is 10.1. The predicted octanol–water partition coefficient (Wildman–Crippen LogP) is 3.27. The molecule has 0 aromatic carbocycles. The van der Waals surface area contributed by atoms with E-state index in [1.165, 1.54) is 16.3 Å². The summed E-state index contributed by atoms with van der Waals surface area (Å²) in [6.07, 6.45) is 0.956. The number of nitrogens with zero attached hydrogens (tertiary/aromatic N) is 3. The van der Waals surface area contributed by atoms with Crippen molar-refractivity contribution in [2.75, 3.05) is 11.9 Å². The summed E-state index contributed by atoms with van der Waals surface area (Å²) in [6.45, 7) is 5.20. The van der Waals surface area contributed by atoms with E-state index in [2.05, 4.69) is 27.4 Å². The van der Waals surface area contributed by atoms with E-state index in [1.54, 1.807) is 6.07 Å². The van der Waals surface area contributed by atoms with Crippen LogP contribution in [0.4, 0.5) is 5.82 Å². The average Bonchev–Trinajstić information content (AvgIpc) is 2.80. The Kier molecular flexibility index (Phi) is 5.55. The molecule has 21 heavy (non-hydrogen) atoms. The Balaban J connectivity index is 2.32. The summed E-state index contributed by atoms with van der Waals surface area (Å²) in [5, 5.41) is 11.5. The van der Waals surface area contributed by atoms with Crippen molar-refractivity contribution in [3.63, 3.8) is 0 Å². The standard InChI is InChI=1S/C12H15Cl2N5OS/c1-3-5-15-9-7(13)6-8(14)10(16-9)21-12-18-17-11(20)19(12)4-2/h6H,3-5H2,1-2H3,(H,15,16)(H,17,20). The Hall–Kier alpha value is -1.18. The second kappa shape index (κ2) is 7.20. The summed E-state index contributed by atoms with van der Waals surface area (Å²) in [5.41, 5.74) is -0.255. The molecule has 0 unspecified atom stereocenters. The highest BCUT2D eigenvalue weighted by molar-refractivity contribution is 7.99. The van der Waals surface area contributed by atoms with Gasteiger partial charge in [0.1, 0.15) is 10.8 Å². The highest BCUT2D eigenvalue weighted by Gasteiger charge is 2.14. The van der Waals surface area contributed by atoms with Crippen molar-refractivity contribution in [3.8, 4) is 0 Å². The summed E-state index contributed by atoms with van der Waals surface area (Å²) in [5.74, 6) is 0.575. The van der Waals surface area contributed by atoms with E-state index in [-0.39, 0.29) is 5.69 Å². The lowest BCUT2D eigenvalue weighted by molar-refractivity contribution is 0.660. The van der Waals surface area contributed by atoms with Gasteiger partial charge in [-0.05, 0) is 31.2 Å². The van der Waals surface area contributed by atoms with Crippen LogP contribution < -0.4 is 11.0 Å². The van der Waals surface area contributed by atoms with Crippen molar-refractivity contribution in [1.29, 1.82) is 0 Å². The summed E-state index contributed by atoms with van der Waals surface area (Å²) in [6, 6.07) is 1.64. The molecule has 0 spiro atoms. The number of hydrogen-bond acceptors (Lipinski definition) is 5. The van der Waals surface area contributed by atoms with Crippen LogP contribution in [-0.4, -0.2) is 26.3 Å². The highest BCUT2D eigenvalue weighted by atomic mass is 35.5. The summed E-state index contributed by atoms with van der Waals surface area (Å²) in [7, 11) is 0. The molecule has 2 heterocycles. The van der Waals surface area contributed by atoms with Gasteiger partial charge in [-0.3, -0.25) is 4.57 Å². The van der Waals surface area contributed by atoms with Crippen LogP contribution >= 0.6 is 35.0 Å². The van der Waals surface area contributed by atoms with Crippen molar-refractivity contribution in [1.82, 2.24) is 19.7 Å². The molecule has 0 fully saturated rings. The molecule has 0 saturated heterocycles. The Morgan fingerprint density at radius 2 is 2.14 bits per heavy atom. The molecule has 2 rings (SSSR count). The lowest BCUT2D eigenvalue weighted by Gasteiger charge is -2.10. The van der Waals surface area contributed by atoms with Gasteiger partial charge in [0.05, 0.1) is 10.0 Å². The summed E-state index contributed by atoms with van der Waals surface area (Å²) >= 11 is 13.5. The third kappa shape index (κ3) is 3.72. The van der Waals surface area contributed by atoms with Crippen molar-refractivity contribution in [2.45, 2.75) is 37.0 Å². The first-order valence-corrected chi connectivity index (χ1v) is 8.07. The van der Waals surface area contributed by atoms with Gasteiger partial charge in [0, 0.05) is 13.1 Å². The van der Waals surface area contributed by atoms with Crippen molar-refractivity contribution >= 4 is 40.8 Å². The molecule has 9 heteroatoms. The lowest BCUT2D eigenvalue weighted by Crippen LogP contribution is -2.16. The third-order valence-electron chi connectivity index (χ3n) is 2.67. The number of rotatable bonds is 6. The lowest BCUT2D eigenvalue weighted by atomic mass is 10.4. The minimum Gasteiger partial charge on any atom is -0.369 e. The quantitative estimate of drug-likeness (QED) is 0.838. The third-order valence-corrected chi connectivity index (χ3v) is 4.35. The zero-order valence-electron chi connectivity index (χ0n) is 11.6. The zero-order valence-corrected chi connectivity index (χ0v) is 13.9. The molecular formula is C12H15Cl2N5OS. The van der Waals surface area contributed by atoms with E-state index in [0.29, 0.717) is 32.6 Å². The molecule has 0 bridgehead atoms. The molecule has 0 amide bonds. The van der Waals surface area contributed by atoms with E-state index in [0.717, 1.165) is 13.0 Å². The van der Waals surface area contributed by atoms with Gasteiger partial charge < -0.3 is 5.32 Å². The zero-order chi connectivity index (χ0) is 15.4. The maximum Gasteiger partial charge on any atom is 0.343 e. The first kappa shape index (κ1) is 16.2. The topological polar surface area (TPSA) is 75.6 Å². The van der Waals surface area contributed by atoms with Crippen LogP contribution in [-0.2, 0) is 6.54 Å². The summed E-state index contributed by atoms with van der Waals surface area (Å²) < 4.78 is 1.51. The van der Waals surface area contributed by atoms with Gasteiger partial charge in [0.15, 0.2) is 5.16 Å². The van der Waals surface area contributed by atoms with Crippen LogP contribution in [0.3, 0.4) is 0 Å². The molecule has 0 aliphatic carbocycles. The second-order valence-corrected chi connectivity index (χ2v) is 5.96. The second-order valence-electron chi connectivity index (χ2n) is 4.19. The van der Waals surface area contributed by atoms with Gasteiger partial charge in [-0.2, -0.15) is 0 Å². The van der Waals surface area contributed by atoms with Crippen LogP contribution in [0.1, 0.15) is 20.3 Å². The van der Waals surface area contributed by atoms with E-state index >= 15 is 0 Å². The first-order valence-electron chi connectivity index (χ1n) is 6.49. The number of aromatic nitrogens is 4. The molecule has 6 nitrogen and oxygen atoms in total. The number of hydrogen-bond donors (Lipinski definition) is 2. The Morgan fingerprint density at radius 1 is 1.38 bits per heavy atom. The van der Waals surface area contributed by atoms with E-state index in [1.807, 2.05) is 6.92 Å². The maximum atomic E-state index is 11.6. The molecule has 114 valence electrons. The fourth-order valence-electron chi connectivity index (χ4n) is 1.64. The Labute approximate surface area is 136 Å². The number of aromatic amines is 1. The van der Waals surface area contributed by atoms with Gasteiger partial charge in [0.2, 0.25) is 0 Å². The van der Waals surface area contributed by atoms with Crippen molar-refractivity contribution in [3.05, 3.63) is 26.6 Å². The number of nitrogens with one attached hydrogen (secondary N) is 2. The molecule has 0 aliphatic heterocycles. The molecule has 2 aromatic heterocycles. The molecular weight excluding hydrogens is 333 g/mol. The van der Waals surface area contributed by atoms with Crippen LogP contribution in [0.25, 0.3) is 0 Å². The number of pyridine rings is 1. The fourth-order valence-corrected chi connectivity index (χ4v) is 3.06. The van der Waals surface area contributed by atoms with Crippen LogP contribution in [0.15, 0.2) is 21.0 Å². The van der Waals surface area contributed by atoms with Crippen LogP contribution in [0, 0.1) is 0 Å². The monoisotopic (exact) mass is 347 g/mol. The van der Waals surface area contributed by atoms with Gasteiger partial charge in [-0.15, -0.1) is 5.10 Å². The Morgan fingerprint density at radius 3 is 2.81 bits per heavy atom. The largest absolute Gasteiger partial charge is 0.369 e. The molecule has 0 atom stereocenters. The molecule has 0 aliphatic rings. The van der Waals surface area contributed by atoms with Gasteiger partial charge >= 0.3 is 5.69 Å². The maximum absolute atomic E-state index is 11.6. The van der Waals surface area contributed by atoms with Crippen molar-refractivity contribution in [2.24, 2.45) is 0 Å². The predicted molar refractivity (Wildman–Crippen MR) is 85.7 cm³/mol. The Bertz CT molecular complexity index is 685. The number of halogens is 2. The van der Waals surface area contributed by atoms with Crippen LogP contribution in [0.5, 0.6) is 0 Å². The fraction of sp³-hybridized carbons (Fsp3) is 0.417. The molecule has 2 aromatic rings. The smallest absolute Gasteiger partial charge is 0.343 e. The number of anilines is 1. The summed E-state index contributed by atoms with van der Waals surface area (Å²) in [4.78, 5) is 16.0. The van der Waals surface area contributed by atoms with E-state index in [9.17, 15) is 4.79 Å². The molecule has 0 radical (unpaired) electrons. The molecule has 2 N–H and O–H groups in total. The number of H-pyrrole nitrogens is 1. The van der Waals surface area contributed by atoms with E-state index < -0.39 is 0 Å². The normalized spacial score (nSPS) is 10.9. The van der Waals surface area contributed by atoms with Gasteiger partial charge in [-0.1, -0.05) is 30.1 Å². The van der Waals surface area contributed by atoms with E-state index in [4.69, 9.17) is 23.2 Å². The van der Waals surface area contributed by atoms with Crippen molar-refractivity contribution < 1.29 is 0 Å².